The second kappa shape index (κ2) is 6.95. The average Bonchev–Trinajstić information content (AvgIpc) is 2.96. The molecule has 0 aliphatic heterocycles. The molecule has 1 heterocycles. The van der Waals surface area contributed by atoms with Gasteiger partial charge in [0.05, 0.1) is 12.7 Å². The number of carbonyl (C=O) groups is 2. The van der Waals surface area contributed by atoms with Gasteiger partial charge in [-0.2, -0.15) is 0 Å². The predicted molar refractivity (Wildman–Crippen MR) is 77.5 cm³/mol. The highest BCUT2D eigenvalue weighted by Gasteiger charge is 2.11. The summed E-state index contributed by atoms with van der Waals surface area (Å²) >= 11 is 5.82. The molecule has 0 spiro atoms. The number of aryl methyl sites for hydroxylation is 1. The van der Waals surface area contributed by atoms with Gasteiger partial charge >= 0.3 is 5.97 Å². The maximum atomic E-state index is 11.7. The van der Waals surface area contributed by atoms with E-state index in [2.05, 4.69) is 5.32 Å². The molecule has 0 unspecified atom stereocenters. The van der Waals surface area contributed by atoms with Gasteiger partial charge in [0.25, 0.3) is 5.91 Å². The molecule has 1 aromatic heterocycles. The Kier molecular flexibility index (Phi) is 5.00. The fraction of sp³-hybridized carbons (Fsp3) is 0.200. The first-order valence-electron chi connectivity index (χ1n) is 6.35. The summed E-state index contributed by atoms with van der Waals surface area (Å²) in [6.45, 7) is 1.97. The van der Waals surface area contributed by atoms with E-state index in [9.17, 15) is 9.59 Å². The zero-order chi connectivity index (χ0) is 15.2. The minimum atomic E-state index is -0.430. The van der Waals surface area contributed by atoms with Crippen molar-refractivity contribution in [2.45, 2.75) is 13.3 Å². The molecule has 0 atom stereocenters. The molecule has 0 saturated heterocycles. The van der Waals surface area contributed by atoms with Crippen molar-refractivity contribution in [3.05, 3.63) is 52.9 Å². The molecule has 1 aromatic carbocycles. The maximum Gasteiger partial charge on any atom is 0.312 e. The second-order valence-electron chi connectivity index (χ2n) is 4.37. The Bertz CT molecular complexity index is 637. The molecule has 0 bridgehead atoms. The van der Waals surface area contributed by atoms with E-state index >= 15 is 0 Å². The van der Waals surface area contributed by atoms with E-state index < -0.39 is 5.97 Å². The zero-order valence-electron chi connectivity index (χ0n) is 11.4. The van der Waals surface area contributed by atoms with Crippen molar-refractivity contribution in [1.29, 1.82) is 0 Å². The van der Waals surface area contributed by atoms with Crippen molar-refractivity contribution in [1.82, 2.24) is 5.32 Å². The van der Waals surface area contributed by atoms with Gasteiger partial charge in [-0.15, -0.1) is 0 Å². The topological polar surface area (TPSA) is 68.5 Å². The number of halogens is 1. The van der Waals surface area contributed by atoms with Gasteiger partial charge in [0.15, 0.2) is 5.76 Å². The molecule has 1 amide bonds. The van der Waals surface area contributed by atoms with Crippen LogP contribution < -0.4 is 10.1 Å². The highest BCUT2D eigenvalue weighted by Crippen LogP contribution is 2.22. The summed E-state index contributed by atoms with van der Waals surface area (Å²) in [5.74, 6) is -0.130. The monoisotopic (exact) mass is 307 g/mol. The Hall–Kier alpha value is -2.27. The van der Waals surface area contributed by atoms with Crippen LogP contribution in [0.2, 0.25) is 5.02 Å². The van der Waals surface area contributed by atoms with Crippen LogP contribution in [0, 0.1) is 6.92 Å². The van der Waals surface area contributed by atoms with Crippen molar-refractivity contribution >= 4 is 23.5 Å². The number of hydrogen-bond donors (Lipinski definition) is 1. The molecule has 110 valence electrons. The quantitative estimate of drug-likeness (QED) is 0.681. The number of rotatable bonds is 5. The lowest BCUT2D eigenvalue weighted by Gasteiger charge is -2.08. The number of ether oxygens (including phenoxy) is 1. The van der Waals surface area contributed by atoms with Crippen LogP contribution in [0.15, 0.2) is 41.0 Å². The van der Waals surface area contributed by atoms with E-state index in [1.807, 2.05) is 0 Å². The molecular formula is C15H14ClNO4. The first-order chi connectivity index (χ1) is 10.1. The Labute approximate surface area is 126 Å². The van der Waals surface area contributed by atoms with Gasteiger partial charge in [0.1, 0.15) is 5.75 Å². The van der Waals surface area contributed by atoms with Gasteiger partial charge in [0, 0.05) is 11.6 Å². The number of benzene rings is 1. The van der Waals surface area contributed by atoms with Gasteiger partial charge < -0.3 is 14.5 Å². The minimum absolute atomic E-state index is 0.0640. The summed E-state index contributed by atoms with van der Waals surface area (Å²) in [4.78, 5) is 23.3. The SMILES string of the molecule is Cc1cc(Cl)ccc1OC(=O)CCNC(=O)c1ccco1. The number of esters is 1. The third-order valence-electron chi connectivity index (χ3n) is 2.72. The summed E-state index contributed by atoms with van der Waals surface area (Å²) < 4.78 is 10.1. The Morgan fingerprint density at radius 2 is 2.14 bits per heavy atom. The third kappa shape index (κ3) is 4.36. The number of furan rings is 1. The molecule has 2 rings (SSSR count). The standard InChI is InChI=1S/C15H14ClNO4/c1-10-9-11(16)4-5-12(10)21-14(18)6-7-17-15(19)13-3-2-8-20-13/h2-5,8-9H,6-7H2,1H3,(H,17,19). The Morgan fingerprint density at radius 3 is 2.81 bits per heavy atom. The van der Waals surface area contributed by atoms with E-state index in [1.165, 1.54) is 6.26 Å². The van der Waals surface area contributed by atoms with Crippen LogP contribution in [-0.2, 0) is 4.79 Å². The van der Waals surface area contributed by atoms with Gasteiger partial charge in [0.2, 0.25) is 0 Å². The molecule has 2 aromatic rings. The minimum Gasteiger partial charge on any atom is -0.459 e. The van der Waals surface area contributed by atoms with E-state index in [0.29, 0.717) is 10.8 Å². The summed E-state index contributed by atoms with van der Waals surface area (Å²) in [5.41, 5.74) is 0.774. The van der Waals surface area contributed by atoms with Crippen LogP contribution in [0.1, 0.15) is 22.5 Å². The maximum absolute atomic E-state index is 11.7. The summed E-state index contributed by atoms with van der Waals surface area (Å²) in [7, 11) is 0. The van der Waals surface area contributed by atoms with Gasteiger partial charge in [-0.05, 0) is 42.8 Å². The van der Waals surface area contributed by atoms with E-state index in [0.717, 1.165) is 5.56 Å². The molecule has 6 heteroatoms. The highest BCUT2D eigenvalue weighted by molar-refractivity contribution is 6.30. The lowest BCUT2D eigenvalue weighted by atomic mass is 10.2. The largest absolute Gasteiger partial charge is 0.459 e. The fourth-order valence-electron chi connectivity index (χ4n) is 1.67. The van der Waals surface area contributed by atoms with Crippen LogP contribution in [0.4, 0.5) is 0 Å². The third-order valence-corrected chi connectivity index (χ3v) is 2.96. The van der Waals surface area contributed by atoms with E-state index in [-0.39, 0.29) is 24.6 Å². The molecule has 0 radical (unpaired) electrons. The zero-order valence-corrected chi connectivity index (χ0v) is 12.1. The normalized spacial score (nSPS) is 10.2. The van der Waals surface area contributed by atoms with Crippen LogP contribution >= 0.6 is 11.6 Å². The number of carbonyl (C=O) groups excluding carboxylic acids is 2. The smallest absolute Gasteiger partial charge is 0.312 e. The molecule has 0 aliphatic rings. The fourth-order valence-corrected chi connectivity index (χ4v) is 1.90. The molecule has 0 aliphatic carbocycles. The summed E-state index contributed by atoms with van der Waals surface area (Å²) in [5, 5.41) is 3.15. The lowest BCUT2D eigenvalue weighted by molar-refractivity contribution is -0.134. The predicted octanol–water partition coefficient (Wildman–Crippen LogP) is 2.97. The van der Waals surface area contributed by atoms with Crippen molar-refractivity contribution in [3.8, 4) is 5.75 Å². The van der Waals surface area contributed by atoms with Crippen LogP contribution in [-0.4, -0.2) is 18.4 Å². The molecule has 1 N–H and O–H groups in total. The number of amides is 1. The van der Waals surface area contributed by atoms with Crippen molar-refractivity contribution in [3.63, 3.8) is 0 Å². The van der Waals surface area contributed by atoms with Gasteiger partial charge in [-0.1, -0.05) is 11.6 Å². The average molecular weight is 308 g/mol. The first-order valence-corrected chi connectivity index (χ1v) is 6.72. The van der Waals surface area contributed by atoms with Crippen LogP contribution in [0.5, 0.6) is 5.75 Å². The molecule has 0 saturated carbocycles. The Balaban J connectivity index is 1.78. The molecular weight excluding hydrogens is 294 g/mol. The second-order valence-corrected chi connectivity index (χ2v) is 4.80. The van der Waals surface area contributed by atoms with Gasteiger partial charge in [-0.25, -0.2) is 0 Å². The molecule has 5 nitrogen and oxygen atoms in total. The van der Waals surface area contributed by atoms with Gasteiger partial charge in [-0.3, -0.25) is 9.59 Å². The summed E-state index contributed by atoms with van der Waals surface area (Å²) in [6.07, 6.45) is 1.47. The van der Waals surface area contributed by atoms with Crippen molar-refractivity contribution < 1.29 is 18.7 Å². The van der Waals surface area contributed by atoms with E-state index in [1.54, 1.807) is 37.3 Å². The van der Waals surface area contributed by atoms with Crippen molar-refractivity contribution in [2.75, 3.05) is 6.54 Å². The molecule has 0 fully saturated rings. The van der Waals surface area contributed by atoms with E-state index in [4.69, 9.17) is 20.8 Å². The van der Waals surface area contributed by atoms with Crippen LogP contribution in [0.3, 0.4) is 0 Å². The lowest BCUT2D eigenvalue weighted by Crippen LogP contribution is -2.26. The number of hydrogen-bond acceptors (Lipinski definition) is 4. The van der Waals surface area contributed by atoms with Crippen molar-refractivity contribution in [2.24, 2.45) is 0 Å². The first kappa shape index (κ1) is 15.1. The Morgan fingerprint density at radius 1 is 1.33 bits per heavy atom. The molecule has 21 heavy (non-hydrogen) atoms. The van der Waals surface area contributed by atoms with Crippen LogP contribution in [0.25, 0.3) is 0 Å². The summed E-state index contributed by atoms with van der Waals surface area (Å²) in [6, 6.07) is 8.16. The highest BCUT2D eigenvalue weighted by atomic mass is 35.5. The number of nitrogens with one attached hydrogen (secondary N) is 1.